The highest BCUT2D eigenvalue weighted by Crippen LogP contribution is 2.44. The Morgan fingerprint density at radius 3 is 2.35 bits per heavy atom. The van der Waals surface area contributed by atoms with E-state index in [9.17, 15) is 4.79 Å². The summed E-state index contributed by atoms with van der Waals surface area (Å²) in [7, 11) is 0. The molecule has 0 spiro atoms. The molecule has 2 atom stereocenters. The summed E-state index contributed by atoms with van der Waals surface area (Å²) in [6.07, 6.45) is 1.87. The first-order valence-electron chi connectivity index (χ1n) is 6.18. The van der Waals surface area contributed by atoms with Gasteiger partial charge in [-0.1, -0.05) is 24.3 Å². The quantitative estimate of drug-likeness (QED) is 0.754. The number of piperidine rings is 1. The van der Waals surface area contributed by atoms with Crippen LogP contribution in [0.25, 0.3) is 0 Å². The van der Waals surface area contributed by atoms with Gasteiger partial charge in [0.15, 0.2) is 0 Å². The third-order valence-corrected chi connectivity index (χ3v) is 4.17. The topological polar surface area (TPSA) is 20.3 Å². The molecule has 1 aliphatic carbocycles. The summed E-state index contributed by atoms with van der Waals surface area (Å²) in [4.78, 5) is 14.1. The van der Waals surface area contributed by atoms with Crippen LogP contribution in [-0.2, 0) is 17.1 Å². The van der Waals surface area contributed by atoms with E-state index in [4.69, 9.17) is 11.6 Å². The number of carbonyl (C=O) groups excluding carboxylic acids is 1. The van der Waals surface area contributed by atoms with E-state index < -0.39 is 0 Å². The Bertz CT molecular complexity index is 418. The Hall–Kier alpha value is -1.02. The third-order valence-electron chi connectivity index (χ3n) is 3.86. The summed E-state index contributed by atoms with van der Waals surface area (Å²) in [6, 6.07) is 8.01. The van der Waals surface area contributed by atoms with Crippen LogP contribution >= 0.6 is 11.6 Å². The number of hydrogen-bond acceptors (Lipinski definition) is 1. The van der Waals surface area contributed by atoms with Crippen molar-refractivity contribution < 1.29 is 4.79 Å². The van der Waals surface area contributed by atoms with Crippen LogP contribution in [0.5, 0.6) is 0 Å². The molecule has 1 aromatic rings. The Kier molecular flexibility index (Phi) is 2.83. The van der Waals surface area contributed by atoms with Crippen molar-refractivity contribution in [1.82, 2.24) is 4.90 Å². The number of rotatable bonds is 3. The minimum Gasteiger partial charge on any atom is -0.342 e. The summed E-state index contributed by atoms with van der Waals surface area (Å²) in [6.45, 7) is 1.98. The second-order valence-corrected chi connectivity index (χ2v) is 5.45. The number of amides is 1. The number of alkyl halides is 1. The molecule has 1 aliphatic heterocycles. The van der Waals surface area contributed by atoms with Crippen LogP contribution in [0.1, 0.15) is 17.5 Å². The van der Waals surface area contributed by atoms with E-state index in [1.54, 1.807) is 0 Å². The molecular formula is C14H16ClNO. The zero-order valence-electron chi connectivity index (χ0n) is 9.73. The molecule has 1 saturated carbocycles. The molecule has 90 valence electrons. The Morgan fingerprint density at radius 1 is 1.18 bits per heavy atom. The largest absolute Gasteiger partial charge is 0.342 e. The molecule has 1 saturated heterocycles. The third kappa shape index (κ3) is 2.32. The zero-order valence-corrected chi connectivity index (χ0v) is 10.5. The van der Waals surface area contributed by atoms with Crippen LogP contribution < -0.4 is 0 Å². The molecule has 2 nitrogen and oxygen atoms in total. The molecule has 3 heteroatoms. The van der Waals surface area contributed by atoms with E-state index in [2.05, 4.69) is 0 Å². The van der Waals surface area contributed by atoms with Gasteiger partial charge in [0.05, 0.1) is 6.42 Å². The van der Waals surface area contributed by atoms with Crippen LogP contribution in [0, 0.1) is 11.8 Å². The van der Waals surface area contributed by atoms with Gasteiger partial charge in [-0.05, 0) is 29.4 Å². The summed E-state index contributed by atoms with van der Waals surface area (Å²) in [5.41, 5.74) is 2.19. The normalized spacial score (nSPS) is 25.8. The molecule has 0 radical (unpaired) electrons. The van der Waals surface area contributed by atoms with Crippen molar-refractivity contribution in [2.75, 3.05) is 13.1 Å². The minimum atomic E-state index is 0.274. The second-order valence-electron chi connectivity index (χ2n) is 5.18. The molecule has 3 rings (SSSR count). The van der Waals surface area contributed by atoms with Crippen LogP contribution in [-0.4, -0.2) is 23.9 Å². The number of nitrogens with zero attached hydrogens (tertiary/aromatic N) is 1. The molecule has 0 N–H and O–H groups in total. The van der Waals surface area contributed by atoms with E-state index in [0.29, 0.717) is 12.3 Å². The smallest absolute Gasteiger partial charge is 0.227 e. The molecule has 1 amide bonds. The van der Waals surface area contributed by atoms with Gasteiger partial charge in [0.25, 0.3) is 0 Å². The van der Waals surface area contributed by atoms with Crippen LogP contribution in [0.4, 0.5) is 0 Å². The number of likely N-dealkylation sites (tertiary alicyclic amines) is 1. The van der Waals surface area contributed by atoms with Gasteiger partial charge in [-0.3, -0.25) is 4.79 Å². The highest BCUT2D eigenvalue weighted by atomic mass is 35.5. The number of halogens is 1. The molecule has 0 bridgehead atoms. The number of carbonyl (C=O) groups is 1. The van der Waals surface area contributed by atoms with Gasteiger partial charge in [-0.2, -0.15) is 0 Å². The lowest BCUT2D eigenvalue weighted by atomic mass is 10.1. The molecule has 0 aromatic heterocycles. The monoisotopic (exact) mass is 249 g/mol. The van der Waals surface area contributed by atoms with E-state index in [-0.39, 0.29) is 5.91 Å². The highest BCUT2D eigenvalue weighted by molar-refractivity contribution is 6.17. The van der Waals surface area contributed by atoms with E-state index in [1.807, 2.05) is 29.2 Å². The van der Waals surface area contributed by atoms with Crippen LogP contribution in [0.2, 0.25) is 0 Å². The lowest BCUT2D eigenvalue weighted by Crippen LogP contribution is -2.31. The van der Waals surface area contributed by atoms with Crippen molar-refractivity contribution in [2.45, 2.75) is 18.7 Å². The maximum Gasteiger partial charge on any atom is 0.227 e. The standard InChI is InChI=1S/C14H16ClNO/c15-7-11-3-1-10(2-4-11)5-14(17)16-8-12-6-13(12)9-16/h1-4,12-13H,5-9H2. The van der Waals surface area contributed by atoms with Crippen molar-refractivity contribution in [3.8, 4) is 0 Å². The predicted molar refractivity (Wildman–Crippen MR) is 67.9 cm³/mol. The highest BCUT2D eigenvalue weighted by Gasteiger charge is 2.46. The fourth-order valence-electron chi connectivity index (χ4n) is 2.63. The van der Waals surface area contributed by atoms with Crippen molar-refractivity contribution >= 4 is 17.5 Å². The summed E-state index contributed by atoms with van der Waals surface area (Å²) in [5.74, 6) is 2.44. The Morgan fingerprint density at radius 2 is 1.76 bits per heavy atom. The molecule has 1 aromatic carbocycles. The SMILES string of the molecule is O=C(Cc1ccc(CCl)cc1)N1CC2CC2C1. The zero-order chi connectivity index (χ0) is 11.8. The minimum absolute atomic E-state index is 0.274. The maximum absolute atomic E-state index is 12.0. The summed E-state index contributed by atoms with van der Waals surface area (Å²) in [5, 5.41) is 0. The molecule has 2 fully saturated rings. The lowest BCUT2D eigenvalue weighted by molar-refractivity contribution is -0.129. The van der Waals surface area contributed by atoms with Crippen molar-refractivity contribution in [2.24, 2.45) is 11.8 Å². The van der Waals surface area contributed by atoms with Crippen molar-refractivity contribution in [3.05, 3.63) is 35.4 Å². The fourth-order valence-corrected chi connectivity index (χ4v) is 2.81. The average molecular weight is 250 g/mol. The van der Waals surface area contributed by atoms with Gasteiger partial charge in [0.2, 0.25) is 5.91 Å². The maximum atomic E-state index is 12.0. The van der Waals surface area contributed by atoms with Crippen molar-refractivity contribution in [1.29, 1.82) is 0 Å². The van der Waals surface area contributed by atoms with Gasteiger partial charge in [0.1, 0.15) is 0 Å². The van der Waals surface area contributed by atoms with Gasteiger partial charge < -0.3 is 4.90 Å². The summed E-state index contributed by atoms with van der Waals surface area (Å²) >= 11 is 5.73. The second kappa shape index (κ2) is 4.34. The first-order chi connectivity index (χ1) is 8.26. The molecule has 1 heterocycles. The predicted octanol–water partition coefficient (Wildman–Crippen LogP) is 2.45. The van der Waals surface area contributed by atoms with Crippen LogP contribution in [0.15, 0.2) is 24.3 Å². The first-order valence-corrected chi connectivity index (χ1v) is 6.71. The van der Waals surface area contributed by atoms with Gasteiger partial charge in [0, 0.05) is 19.0 Å². The van der Waals surface area contributed by atoms with Gasteiger partial charge >= 0.3 is 0 Å². The first kappa shape index (κ1) is 11.1. The number of benzene rings is 1. The Labute approximate surface area is 107 Å². The van der Waals surface area contributed by atoms with E-state index in [0.717, 1.165) is 36.1 Å². The average Bonchev–Trinajstić information content (AvgIpc) is 2.97. The molecule has 2 aliphatic rings. The van der Waals surface area contributed by atoms with Crippen molar-refractivity contribution in [3.63, 3.8) is 0 Å². The molecular weight excluding hydrogens is 234 g/mol. The number of hydrogen-bond donors (Lipinski definition) is 0. The summed E-state index contributed by atoms with van der Waals surface area (Å²) < 4.78 is 0. The van der Waals surface area contributed by atoms with E-state index >= 15 is 0 Å². The molecule has 17 heavy (non-hydrogen) atoms. The number of fused-ring (bicyclic) bond motifs is 1. The lowest BCUT2D eigenvalue weighted by Gasteiger charge is -2.17. The molecule has 2 unspecified atom stereocenters. The Balaban J connectivity index is 1.59. The van der Waals surface area contributed by atoms with Crippen LogP contribution in [0.3, 0.4) is 0 Å². The fraction of sp³-hybridized carbons (Fsp3) is 0.500. The van der Waals surface area contributed by atoms with Gasteiger partial charge in [-0.25, -0.2) is 0 Å². The van der Waals surface area contributed by atoms with Gasteiger partial charge in [-0.15, -0.1) is 11.6 Å². The van der Waals surface area contributed by atoms with E-state index in [1.165, 1.54) is 6.42 Å².